The first kappa shape index (κ1) is 12.9. The van der Waals surface area contributed by atoms with Crippen LogP contribution in [0.2, 0.25) is 0 Å². The molecule has 3 heterocycles. The number of pyridine rings is 2. The molecule has 1 aliphatic rings. The zero-order valence-corrected chi connectivity index (χ0v) is 12.9. The van der Waals surface area contributed by atoms with Crippen LogP contribution in [0.3, 0.4) is 0 Å². The first-order chi connectivity index (χ1) is 9.16. The number of aromatic nitrogens is 2. The molecule has 2 aromatic heterocycles. The van der Waals surface area contributed by atoms with Gasteiger partial charge in [-0.05, 0) is 53.7 Å². The Bertz CT molecular complexity index is 599. The number of anilines is 1. The van der Waals surface area contributed by atoms with Crippen molar-refractivity contribution >= 4 is 32.7 Å². The van der Waals surface area contributed by atoms with E-state index in [2.05, 4.69) is 50.7 Å². The zero-order valence-electron chi connectivity index (χ0n) is 11.3. The highest BCUT2D eigenvalue weighted by molar-refractivity contribution is 9.10. The smallest absolute Gasteiger partial charge is 0.112 e. The van der Waals surface area contributed by atoms with Gasteiger partial charge in [0.1, 0.15) is 5.52 Å². The quantitative estimate of drug-likeness (QED) is 0.795. The van der Waals surface area contributed by atoms with Gasteiger partial charge >= 0.3 is 0 Å². The summed E-state index contributed by atoms with van der Waals surface area (Å²) in [6.45, 7) is 5.77. The van der Waals surface area contributed by atoms with Crippen LogP contribution in [-0.4, -0.2) is 22.6 Å². The van der Waals surface area contributed by atoms with E-state index >= 15 is 0 Å². The second-order valence-electron chi connectivity index (χ2n) is 5.40. The van der Waals surface area contributed by atoms with Crippen molar-refractivity contribution in [2.24, 2.45) is 5.92 Å². The van der Waals surface area contributed by atoms with Gasteiger partial charge in [0.25, 0.3) is 0 Å². The van der Waals surface area contributed by atoms with Gasteiger partial charge in [-0.15, -0.1) is 0 Å². The number of halogens is 1. The fourth-order valence-corrected chi connectivity index (χ4v) is 3.22. The van der Waals surface area contributed by atoms with Gasteiger partial charge < -0.3 is 4.90 Å². The normalized spacial score (nSPS) is 23.8. The lowest BCUT2D eigenvalue weighted by molar-refractivity contribution is 0.364. The van der Waals surface area contributed by atoms with Gasteiger partial charge in [-0.2, -0.15) is 0 Å². The minimum atomic E-state index is 0.560. The lowest BCUT2D eigenvalue weighted by Gasteiger charge is -2.39. The third kappa shape index (κ3) is 2.34. The predicted molar refractivity (Wildman–Crippen MR) is 82.4 cm³/mol. The molecule has 1 saturated heterocycles. The summed E-state index contributed by atoms with van der Waals surface area (Å²) in [7, 11) is 0. The van der Waals surface area contributed by atoms with Gasteiger partial charge in [0.15, 0.2) is 0 Å². The van der Waals surface area contributed by atoms with Gasteiger partial charge in [0, 0.05) is 29.5 Å². The molecule has 19 heavy (non-hydrogen) atoms. The molecule has 0 N–H and O–H groups in total. The van der Waals surface area contributed by atoms with E-state index in [9.17, 15) is 0 Å². The third-order valence-corrected chi connectivity index (χ3v) is 4.64. The van der Waals surface area contributed by atoms with Crippen molar-refractivity contribution in [1.82, 2.24) is 9.97 Å². The van der Waals surface area contributed by atoms with Gasteiger partial charge in [-0.3, -0.25) is 9.97 Å². The lowest BCUT2D eigenvalue weighted by Crippen LogP contribution is -2.42. The fraction of sp³-hybridized carbons (Fsp3) is 0.467. The van der Waals surface area contributed by atoms with E-state index in [4.69, 9.17) is 0 Å². The van der Waals surface area contributed by atoms with Gasteiger partial charge in [0.2, 0.25) is 0 Å². The Morgan fingerprint density at radius 1 is 1.32 bits per heavy atom. The van der Waals surface area contributed by atoms with Gasteiger partial charge in [0.05, 0.1) is 11.2 Å². The number of fused-ring (bicyclic) bond motifs is 1. The van der Waals surface area contributed by atoms with Crippen molar-refractivity contribution < 1.29 is 0 Å². The average molecular weight is 320 g/mol. The maximum Gasteiger partial charge on any atom is 0.112 e. The van der Waals surface area contributed by atoms with Crippen LogP contribution in [0.25, 0.3) is 11.0 Å². The molecule has 100 valence electrons. The van der Waals surface area contributed by atoms with Gasteiger partial charge in [-0.25, -0.2) is 0 Å². The zero-order chi connectivity index (χ0) is 13.4. The van der Waals surface area contributed by atoms with E-state index in [0.29, 0.717) is 6.04 Å². The van der Waals surface area contributed by atoms with Gasteiger partial charge in [-0.1, -0.05) is 6.92 Å². The molecule has 0 aromatic carbocycles. The monoisotopic (exact) mass is 319 g/mol. The molecule has 0 aliphatic carbocycles. The topological polar surface area (TPSA) is 29.0 Å². The van der Waals surface area contributed by atoms with Crippen molar-refractivity contribution in [1.29, 1.82) is 0 Å². The summed E-state index contributed by atoms with van der Waals surface area (Å²) in [5.41, 5.74) is 3.18. The Hall–Kier alpha value is -1.16. The summed E-state index contributed by atoms with van der Waals surface area (Å²) >= 11 is 3.46. The second-order valence-corrected chi connectivity index (χ2v) is 6.32. The number of piperidine rings is 1. The number of hydrogen-bond acceptors (Lipinski definition) is 3. The largest absolute Gasteiger partial charge is 0.367 e. The molecule has 2 aromatic rings. The predicted octanol–water partition coefficient (Wildman–Crippen LogP) is 4.02. The van der Waals surface area contributed by atoms with E-state index in [0.717, 1.165) is 28.0 Å². The minimum Gasteiger partial charge on any atom is -0.367 e. The molecule has 2 unspecified atom stereocenters. The summed E-state index contributed by atoms with van der Waals surface area (Å²) in [6.07, 6.45) is 6.31. The standard InChI is InChI=1S/C15H18BrN3/c1-10-4-3-7-19(11(10)2)14-5-6-17-13-8-12(16)9-18-15(13)14/h5-6,8-11H,3-4,7H2,1-2H3. The molecule has 4 heteroatoms. The van der Waals surface area contributed by atoms with E-state index in [1.807, 2.05) is 18.5 Å². The van der Waals surface area contributed by atoms with Crippen molar-refractivity contribution in [2.75, 3.05) is 11.4 Å². The van der Waals surface area contributed by atoms with E-state index in [1.54, 1.807) is 0 Å². The van der Waals surface area contributed by atoms with E-state index in [1.165, 1.54) is 18.5 Å². The van der Waals surface area contributed by atoms with Crippen molar-refractivity contribution in [3.05, 3.63) is 29.0 Å². The summed E-state index contributed by atoms with van der Waals surface area (Å²) in [5.74, 6) is 0.729. The molecule has 3 rings (SSSR count). The van der Waals surface area contributed by atoms with Crippen LogP contribution < -0.4 is 4.90 Å². The highest BCUT2D eigenvalue weighted by Crippen LogP contribution is 2.32. The lowest BCUT2D eigenvalue weighted by atomic mass is 9.91. The maximum absolute atomic E-state index is 4.56. The first-order valence-corrected chi connectivity index (χ1v) is 7.63. The minimum absolute atomic E-state index is 0.560. The van der Waals surface area contributed by atoms with Crippen LogP contribution in [0.5, 0.6) is 0 Å². The maximum atomic E-state index is 4.56. The molecule has 0 saturated carbocycles. The Balaban J connectivity index is 2.09. The molecule has 0 amide bonds. The molecular weight excluding hydrogens is 302 g/mol. The molecule has 1 aliphatic heterocycles. The summed E-state index contributed by atoms with van der Waals surface area (Å²) in [4.78, 5) is 11.5. The van der Waals surface area contributed by atoms with Crippen molar-refractivity contribution in [3.8, 4) is 0 Å². The molecule has 0 radical (unpaired) electrons. The third-order valence-electron chi connectivity index (χ3n) is 4.21. The van der Waals surface area contributed by atoms with Crippen LogP contribution in [0.4, 0.5) is 5.69 Å². The van der Waals surface area contributed by atoms with E-state index in [-0.39, 0.29) is 0 Å². The Morgan fingerprint density at radius 2 is 2.16 bits per heavy atom. The van der Waals surface area contributed by atoms with E-state index < -0.39 is 0 Å². The molecule has 1 fully saturated rings. The molecular formula is C15H18BrN3. The number of hydrogen-bond donors (Lipinski definition) is 0. The number of rotatable bonds is 1. The summed E-state index contributed by atoms with van der Waals surface area (Å²) < 4.78 is 0.977. The van der Waals surface area contributed by atoms with Crippen LogP contribution in [-0.2, 0) is 0 Å². The van der Waals surface area contributed by atoms with Crippen LogP contribution in [0.1, 0.15) is 26.7 Å². The van der Waals surface area contributed by atoms with Crippen LogP contribution in [0.15, 0.2) is 29.0 Å². The molecule has 0 spiro atoms. The van der Waals surface area contributed by atoms with Crippen molar-refractivity contribution in [2.45, 2.75) is 32.7 Å². The molecule has 2 atom stereocenters. The summed E-state index contributed by atoms with van der Waals surface area (Å²) in [5, 5.41) is 0. The average Bonchev–Trinajstić information content (AvgIpc) is 2.41. The first-order valence-electron chi connectivity index (χ1n) is 6.83. The Morgan fingerprint density at radius 3 is 3.00 bits per heavy atom. The molecule has 0 bridgehead atoms. The molecule has 3 nitrogen and oxygen atoms in total. The number of nitrogens with zero attached hydrogens (tertiary/aromatic N) is 3. The fourth-order valence-electron chi connectivity index (χ4n) is 2.90. The highest BCUT2D eigenvalue weighted by Gasteiger charge is 2.26. The second kappa shape index (κ2) is 5.08. The van der Waals surface area contributed by atoms with Crippen molar-refractivity contribution in [3.63, 3.8) is 0 Å². The Kier molecular flexibility index (Phi) is 3.44. The van der Waals surface area contributed by atoms with Crippen LogP contribution in [0, 0.1) is 5.92 Å². The Labute approximate surface area is 122 Å². The summed E-state index contributed by atoms with van der Waals surface area (Å²) in [6, 6.07) is 4.69. The van der Waals surface area contributed by atoms with Crippen LogP contribution >= 0.6 is 15.9 Å². The SMILES string of the molecule is CC1CCCN(c2ccnc3cc(Br)cnc23)C1C. The highest BCUT2D eigenvalue weighted by atomic mass is 79.9.